The molecule has 3 heterocycles. The molecular formula is C18H22N8O3. The number of nitrogens with zero attached hydrogens (tertiary/aromatic N) is 7. The zero-order valence-electron chi connectivity index (χ0n) is 16.1. The summed E-state index contributed by atoms with van der Waals surface area (Å²) in [4.78, 5) is 16.8. The van der Waals surface area contributed by atoms with Gasteiger partial charge in [0.25, 0.3) is 0 Å². The Bertz CT molecular complexity index is 963. The van der Waals surface area contributed by atoms with Gasteiger partial charge in [0.2, 0.25) is 11.6 Å². The number of esters is 1. The summed E-state index contributed by atoms with van der Waals surface area (Å²) in [5, 5.41) is 15.3. The summed E-state index contributed by atoms with van der Waals surface area (Å²) in [7, 11) is 1.31. The van der Waals surface area contributed by atoms with E-state index in [-0.39, 0.29) is 17.3 Å². The monoisotopic (exact) mass is 398 g/mol. The van der Waals surface area contributed by atoms with E-state index in [4.69, 9.17) is 10.5 Å². The predicted molar refractivity (Wildman–Crippen MR) is 102 cm³/mol. The molecule has 0 radical (unpaired) electrons. The summed E-state index contributed by atoms with van der Waals surface area (Å²) in [5.74, 6) is -0.297. The first-order valence-electron chi connectivity index (χ1n) is 9.25. The van der Waals surface area contributed by atoms with E-state index >= 15 is 0 Å². The standard InChI is InChI=1S/C18H22N8O3/c1-28-18(27)15-14(26(23-20-15)17-16(19)21-29-22-17)12-25-9-7-24(8-10-25)11-13-5-3-2-4-6-13/h2-6H,7-12H2,1H3,(H2,19,21). The van der Waals surface area contributed by atoms with Crippen LogP contribution in [0.25, 0.3) is 5.82 Å². The van der Waals surface area contributed by atoms with Crippen molar-refractivity contribution in [3.8, 4) is 5.82 Å². The third-order valence-electron chi connectivity index (χ3n) is 4.93. The van der Waals surface area contributed by atoms with Crippen molar-refractivity contribution in [3.63, 3.8) is 0 Å². The normalized spacial score (nSPS) is 15.5. The number of aromatic nitrogens is 5. The maximum absolute atomic E-state index is 12.1. The molecule has 0 spiro atoms. The number of nitrogens with two attached hydrogens (primary N) is 1. The first-order valence-corrected chi connectivity index (χ1v) is 9.25. The molecule has 1 aliphatic rings. The minimum atomic E-state index is -0.566. The van der Waals surface area contributed by atoms with Gasteiger partial charge in [-0.15, -0.1) is 5.10 Å². The number of rotatable bonds is 6. The lowest BCUT2D eigenvalue weighted by atomic mass is 10.2. The number of ether oxygens (including phenoxy) is 1. The van der Waals surface area contributed by atoms with Crippen molar-refractivity contribution in [2.45, 2.75) is 13.1 Å². The van der Waals surface area contributed by atoms with Crippen molar-refractivity contribution in [2.24, 2.45) is 0 Å². The molecule has 2 aromatic heterocycles. The molecule has 1 aromatic carbocycles. The number of carbonyl (C=O) groups is 1. The van der Waals surface area contributed by atoms with Gasteiger partial charge >= 0.3 is 5.97 Å². The van der Waals surface area contributed by atoms with Gasteiger partial charge in [-0.2, -0.15) is 4.68 Å². The molecule has 0 unspecified atom stereocenters. The van der Waals surface area contributed by atoms with E-state index in [9.17, 15) is 4.79 Å². The first kappa shape index (κ1) is 19.0. The summed E-state index contributed by atoms with van der Waals surface area (Å²) in [6.45, 7) is 4.87. The third kappa shape index (κ3) is 4.10. The lowest BCUT2D eigenvalue weighted by Crippen LogP contribution is -2.45. The molecule has 0 bridgehead atoms. The molecule has 1 saturated heterocycles. The van der Waals surface area contributed by atoms with Crippen LogP contribution in [0.15, 0.2) is 35.0 Å². The quantitative estimate of drug-likeness (QED) is 0.580. The largest absolute Gasteiger partial charge is 0.464 e. The Hall–Kier alpha value is -3.31. The fourth-order valence-electron chi connectivity index (χ4n) is 3.37. The number of hydrogen-bond donors (Lipinski definition) is 1. The van der Waals surface area contributed by atoms with E-state index in [1.807, 2.05) is 6.07 Å². The molecule has 1 aliphatic heterocycles. The zero-order chi connectivity index (χ0) is 20.2. The molecule has 11 nitrogen and oxygen atoms in total. The summed E-state index contributed by atoms with van der Waals surface area (Å²) >= 11 is 0. The molecule has 0 saturated carbocycles. The lowest BCUT2D eigenvalue weighted by molar-refractivity contribution is 0.0589. The lowest BCUT2D eigenvalue weighted by Gasteiger charge is -2.34. The number of hydrogen-bond acceptors (Lipinski definition) is 10. The third-order valence-corrected chi connectivity index (χ3v) is 4.93. The van der Waals surface area contributed by atoms with Crippen LogP contribution >= 0.6 is 0 Å². The van der Waals surface area contributed by atoms with Gasteiger partial charge in [0.05, 0.1) is 12.8 Å². The van der Waals surface area contributed by atoms with E-state index in [1.165, 1.54) is 17.4 Å². The predicted octanol–water partition coefficient (Wildman–Crippen LogP) is 0.337. The Labute approximate surface area is 167 Å². The first-order chi connectivity index (χ1) is 14.2. The highest BCUT2D eigenvalue weighted by Gasteiger charge is 2.27. The van der Waals surface area contributed by atoms with Crippen LogP contribution in [-0.4, -0.2) is 74.4 Å². The highest BCUT2D eigenvalue weighted by Crippen LogP contribution is 2.19. The van der Waals surface area contributed by atoms with Crippen molar-refractivity contribution in [3.05, 3.63) is 47.3 Å². The maximum Gasteiger partial charge on any atom is 0.360 e. The van der Waals surface area contributed by atoms with E-state index in [1.54, 1.807) is 0 Å². The second kappa shape index (κ2) is 8.37. The second-order valence-corrected chi connectivity index (χ2v) is 6.80. The van der Waals surface area contributed by atoms with Gasteiger partial charge in [-0.3, -0.25) is 9.80 Å². The second-order valence-electron chi connectivity index (χ2n) is 6.80. The van der Waals surface area contributed by atoms with Crippen molar-refractivity contribution in [2.75, 3.05) is 39.0 Å². The molecular weight excluding hydrogens is 376 g/mol. The van der Waals surface area contributed by atoms with Gasteiger partial charge < -0.3 is 10.5 Å². The van der Waals surface area contributed by atoms with Crippen molar-refractivity contribution in [1.29, 1.82) is 0 Å². The summed E-state index contributed by atoms with van der Waals surface area (Å²) in [6, 6.07) is 10.4. The van der Waals surface area contributed by atoms with Crippen LogP contribution in [0.4, 0.5) is 5.82 Å². The van der Waals surface area contributed by atoms with Crippen molar-refractivity contribution < 1.29 is 14.2 Å². The van der Waals surface area contributed by atoms with Gasteiger partial charge in [0, 0.05) is 39.3 Å². The van der Waals surface area contributed by atoms with E-state index in [0.29, 0.717) is 12.2 Å². The minimum absolute atomic E-state index is 0.0697. The van der Waals surface area contributed by atoms with Crippen molar-refractivity contribution >= 4 is 11.8 Å². The van der Waals surface area contributed by atoms with Gasteiger partial charge in [-0.25, -0.2) is 9.42 Å². The number of anilines is 1. The van der Waals surface area contributed by atoms with Crippen LogP contribution in [0.2, 0.25) is 0 Å². The smallest absolute Gasteiger partial charge is 0.360 e. The number of methoxy groups -OCH3 is 1. The molecule has 0 aliphatic carbocycles. The van der Waals surface area contributed by atoms with Crippen LogP contribution in [0.3, 0.4) is 0 Å². The summed E-state index contributed by atoms with van der Waals surface area (Å²) in [5.41, 5.74) is 7.75. The number of nitrogen functional groups attached to an aromatic ring is 1. The Morgan fingerprint density at radius 3 is 2.41 bits per heavy atom. The molecule has 4 rings (SSSR count). The fraction of sp³-hybridized carbons (Fsp3) is 0.389. The summed E-state index contributed by atoms with van der Waals surface area (Å²) in [6.07, 6.45) is 0. The van der Waals surface area contributed by atoms with Gasteiger partial charge in [0.1, 0.15) is 0 Å². The fourth-order valence-corrected chi connectivity index (χ4v) is 3.37. The average molecular weight is 398 g/mol. The molecule has 3 aromatic rings. The van der Waals surface area contributed by atoms with Crippen LogP contribution in [-0.2, 0) is 17.8 Å². The molecule has 1 fully saturated rings. The summed E-state index contributed by atoms with van der Waals surface area (Å²) < 4.78 is 10.9. The van der Waals surface area contributed by atoms with Crippen LogP contribution in [0, 0.1) is 0 Å². The van der Waals surface area contributed by atoms with Gasteiger partial charge in [-0.1, -0.05) is 35.5 Å². The SMILES string of the molecule is COC(=O)c1nnn(-c2nonc2N)c1CN1CCN(Cc2ccccc2)CC1. The van der Waals surface area contributed by atoms with Gasteiger partial charge in [0.15, 0.2) is 5.69 Å². The van der Waals surface area contributed by atoms with Crippen LogP contribution < -0.4 is 5.73 Å². The Balaban J connectivity index is 1.47. The van der Waals surface area contributed by atoms with E-state index in [2.05, 4.69) is 59.3 Å². The zero-order valence-corrected chi connectivity index (χ0v) is 16.1. The van der Waals surface area contributed by atoms with E-state index < -0.39 is 5.97 Å². The highest BCUT2D eigenvalue weighted by molar-refractivity contribution is 5.88. The molecule has 152 valence electrons. The number of benzene rings is 1. The van der Waals surface area contributed by atoms with Crippen LogP contribution in [0.5, 0.6) is 0 Å². The minimum Gasteiger partial charge on any atom is -0.464 e. The Kier molecular flexibility index (Phi) is 5.49. The number of piperazine rings is 1. The molecule has 0 amide bonds. The maximum atomic E-state index is 12.1. The van der Waals surface area contributed by atoms with Gasteiger partial charge in [-0.05, 0) is 15.9 Å². The topological polar surface area (TPSA) is 128 Å². The molecule has 29 heavy (non-hydrogen) atoms. The average Bonchev–Trinajstić information content (AvgIpc) is 3.35. The molecule has 11 heteroatoms. The Morgan fingerprint density at radius 1 is 1.10 bits per heavy atom. The Morgan fingerprint density at radius 2 is 1.79 bits per heavy atom. The number of carbonyl (C=O) groups excluding carboxylic acids is 1. The molecule has 0 atom stereocenters. The van der Waals surface area contributed by atoms with E-state index in [0.717, 1.165) is 32.7 Å². The molecule has 2 N–H and O–H groups in total. The van der Waals surface area contributed by atoms with Crippen LogP contribution in [0.1, 0.15) is 21.7 Å². The highest BCUT2D eigenvalue weighted by atomic mass is 16.6. The van der Waals surface area contributed by atoms with Crippen molar-refractivity contribution in [1.82, 2.24) is 35.1 Å².